The quantitative estimate of drug-likeness (QED) is 0.867. The zero-order valence-electron chi connectivity index (χ0n) is 8.27. The normalized spacial score (nSPS) is 11.6. The van der Waals surface area contributed by atoms with Gasteiger partial charge in [-0.2, -0.15) is 5.48 Å². The Kier molecular flexibility index (Phi) is 4.57. The predicted molar refractivity (Wildman–Crippen MR) is 54.7 cm³/mol. The molecule has 1 rings (SSSR count). The zero-order valence-corrected chi connectivity index (χ0v) is 9.85. The lowest BCUT2D eigenvalue weighted by molar-refractivity contribution is -0.274. The van der Waals surface area contributed by atoms with Crippen LogP contribution in [0.5, 0.6) is 5.75 Å². The molecule has 0 heterocycles. The van der Waals surface area contributed by atoms with Crippen molar-refractivity contribution in [1.82, 2.24) is 5.48 Å². The number of hydroxylamine groups is 1. The van der Waals surface area contributed by atoms with Crippen LogP contribution < -0.4 is 10.2 Å². The largest absolute Gasteiger partial charge is 0.573 e. The van der Waals surface area contributed by atoms with Crippen molar-refractivity contribution in [2.45, 2.75) is 12.9 Å². The Hall–Kier alpha value is -0.790. The molecular weight excluding hydrogens is 291 g/mol. The van der Waals surface area contributed by atoms with Gasteiger partial charge in [-0.05, 0) is 33.6 Å². The molecule has 3 nitrogen and oxygen atoms in total. The van der Waals surface area contributed by atoms with Gasteiger partial charge in [0.05, 0.1) is 11.6 Å². The van der Waals surface area contributed by atoms with E-state index < -0.39 is 6.36 Å². The molecule has 0 saturated carbocycles. The maximum absolute atomic E-state index is 11.9. The average Bonchev–Trinajstić information content (AvgIpc) is 2.17. The van der Waals surface area contributed by atoms with E-state index >= 15 is 0 Å². The Morgan fingerprint density at radius 2 is 2.06 bits per heavy atom. The first-order valence-electron chi connectivity index (χ1n) is 4.22. The van der Waals surface area contributed by atoms with Gasteiger partial charge in [-0.1, -0.05) is 6.07 Å². The molecule has 0 amide bonds. The van der Waals surface area contributed by atoms with Crippen LogP contribution in [0.4, 0.5) is 13.2 Å². The minimum atomic E-state index is -4.69. The summed E-state index contributed by atoms with van der Waals surface area (Å²) in [6, 6.07) is 4.27. The van der Waals surface area contributed by atoms with Crippen LogP contribution >= 0.6 is 15.9 Å². The van der Waals surface area contributed by atoms with Crippen molar-refractivity contribution in [3.05, 3.63) is 28.2 Å². The topological polar surface area (TPSA) is 30.5 Å². The Morgan fingerprint density at radius 3 is 2.56 bits per heavy atom. The second kappa shape index (κ2) is 5.51. The van der Waals surface area contributed by atoms with Crippen molar-refractivity contribution >= 4 is 15.9 Å². The molecule has 16 heavy (non-hydrogen) atoms. The van der Waals surface area contributed by atoms with Gasteiger partial charge in [0.15, 0.2) is 0 Å². The van der Waals surface area contributed by atoms with E-state index in [2.05, 4.69) is 31.0 Å². The molecular formula is C9H9BrF3NO2. The third-order valence-electron chi connectivity index (χ3n) is 1.64. The molecule has 0 aliphatic rings. The van der Waals surface area contributed by atoms with Gasteiger partial charge in [0.25, 0.3) is 0 Å². The van der Waals surface area contributed by atoms with Gasteiger partial charge in [-0.25, -0.2) is 0 Å². The van der Waals surface area contributed by atoms with Crippen LogP contribution in [0.3, 0.4) is 0 Å². The van der Waals surface area contributed by atoms with Gasteiger partial charge in [0.2, 0.25) is 0 Å². The summed E-state index contributed by atoms with van der Waals surface area (Å²) in [6.07, 6.45) is -4.69. The summed E-state index contributed by atoms with van der Waals surface area (Å²) < 4.78 is 39.9. The van der Waals surface area contributed by atoms with Crippen molar-refractivity contribution < 1.29 is 22.7 Å². The number of alkyl halides is 3. The van der Waals surface area contributed by atoms with Crippen molar-refractivity contribution in [3.8, 4) is 5.75 Å². The molecule has 1 aromatic rings. The van der Waals surface area contributed by atoms with Gasteiger partial charge < -0.3 is 9.57 Å². The summed E-state index contributed by atoms with van der Waals surface area (Å²) >= 11 is 3.00. The number of halogens is 4. The maximum Gasteiger partial charge on any atom is 0.573 e. The van der Waals surface area contributed by atoms with Crippen molar-refractivity contribution in [1.29, 1.82) is 0 Å². The van der Waals surface area contributed by atoms with E-state index in [-0.39, 0.29) is 10.2 Å². The molecule has 0 aliphatic carbocycles. The number of hydrogen-bond acceptors (Lipinski definition) is 3. The van der Waals surface area contributed by atoms with E-state index in [0.29, 0.717) is 6.54 Å². The number of rotatable bonds is 4. The van der Waals surface area contributed by atoms with E-state index in [9.17, 15) is 13.2 Å². The monoisotopic (exact) mass is 299 g/mol. The zero-order chi connectivity index (χ0) is 12.2. The highest BCUT2D eigenvalue weighted by Crippen LogP contribution is 2.30. The van der Waals surface area contributed by atoms with Crippen LogP contribution in [-0.2, 0) is 11.4 Å². The van der Waals surface area contributed by atoms with Crippen LogP contribution in [0, 0.1) is 0 Å². The molecule has 0 aliphatic heterocycles. The molecule has 1 N–H and O–H groups in total. The number of benzene rings is 1. The van der Waals surface area contributed by atoms with Crippen molar-refractivity contribution in [2.24, 2.45) is 0 Å². The highest BCUT2D eigenvalue weighted by Gasteiger charge is 2.31. The van der Waals surface area contributed by atoms with Crippen LogP contribution in [0.2, 0.25) is 0 Å². The summed E-state index contributed by atoms with van der Waals surface area (Å²) in [6.45, 7) is 0.390. The lowest BCUT2D eigenvalue weighted by atomic mass is 10.2. The van der Waals surface area contributed by atoms with E-state index in [1.165, 1.54) is 25.3 Å². The summed E-state index contributed by atoms with van der Waals surface area (Å²) in [4.78, 5) is 4.62. The fraction of sp³-hybridized carbons (Fsp3) is 0.333. The smallest absolute Gasteiger partial charge is 0.405 e. The molecule has 0 radical (unpaired) electrons. The first-order chi connectivity index (χ1) is 7.42. The third kappa shape index (κ3) is 4.38. The molecule has 1 aromatic carbocycles. The van der Waals surface area contributed by atoms with E-state index in [4.69, 9.17) is 0 Å². The molecule has 0 spiro atoms. The molecule has 0 atom stereocenters. The van der Waals surface area contributed by atoms with Crippen molar-refractivity contribution in [3.63, 3.8) is 0 Å². The van der Waals surface area contributed by atoms with Gasteiger partial charge in [-0.15, -0.1) is 13.2 Å². The van der Waals surface area contributed by atoms with Crippen LogP contribution in [0.1, 0.15) is 5.56 Å². The molecule has 0 fully saturated rings. The van der Waals surface area contributed by atoms with Crippen LogP contribution in [0.25, 0.3) is 0 Å². The van der Waals surface area contributed by atoms with Gasteiger partial charge >= 0.3 is 6.36 Å². The fourth-order valence-electron chi connectivity index (χ4n) is 1.02. The van der Waals surface area contributed by atoms with E-state index in [0.717, 1.165) is 5.56 Å². The minimum Gasteiger partial charge on any atom is -0.405 e. The van der Waals surface area contributed by atoms with Crippen LogP contribution in [-0.4, -0.2) is 13.5 Å². The molecule has 0 bridgehead atoms. The Morgan fingerprint density at radius 1 is 1.38 bits per heavy atom. The highest BCUT2D eigenvalue weighted by molar-refractivity contribution is 9.10. The van der Waals surface area contributed by atoms with Crippen LogP contribution in [0.15, 0.2) is 22.7 Å². The van der Waals surface area contributed by atoms with Gasteiger partial charge in [0, 0.05) is 6.54 Å². The molecule has 90 valence electrons. The summed E-state index contributed by atoms with van der Waals surface area (Å²) in [5, 5.41) is 0. The molecule has 0 unspecified atom stereocenters. The number of nitrogens with one attached hydrogen (secondary N) is 1. The van der Waals surface area contributed by atoms with Gasteiger partial charge in [0.1, 0.15) is 5.75 Å². The standard InChI is InChI=1S/C9H9BrF3NO2/c1-15-14-5-6-2-3-8(7(10)4-6)16-9(11,12)13/h2-4,14H,5H2,1H3. The van der Waals surface area contributed by atoms with E-state index in [1.807, 2.05) is 0 Å². The summed E-state index contributed by atoms with van der Waals surface area (Å²) in [5.74, 6) is -0.270. The van der Waals surface area contributed by atoms with Gasteiger partial charge in [-0.3, -0.25) is 0 Å². The number of ether oxygens (including phenoxy) is 1. The number of hydrogen-bond donors (Lipinski definition) is 1. The Bertz CT molecular complexity index is 357. The first kappa shape index (κ1) is 13.3. The second-order valence-corrected chi connectivity index (χ2v) is 3.69. The fourth-order valence-corrected chi connectivity index (χ4v) is 1.52. The SMILES string of the molecule is CONCc1ccc(OC(F)(F)F)c(Br)c1. The molecule has 0 saturated heterocycles. The molecule has 7 heteroatoms. The third-order valence-corrected chi connectivity index (χ3v) is 2.26. The lowest BCUT2D eigenvalue weighted by Gasteiger charge is -2.11. The Labute approximate surface area is 98.6 Å². The average molecular weight is 300 g/mol. The second-order valence-electron chi connectivity index (χ2n) is 2.84. The molecule has 0 aromatic heterocycles. The van der Waals surface area contributed by atoms with E-state index in [1.54, 1.807) is 0 Å². The highest BCUT2D eigenvalue weighted by atomic mass is 79.9. The van der Waals surface area contributed by atoms with Crippen molar-refractivity contribution in [2.75, 3.05) is 7.11 Å². The summed E-state index contributed by atoms with van der Waals surface area (Å²) in [5.41, 5.74) is 3.34. The summed E-state index contributed by atoms with van der Waals surface area (Å²) in [7, 11) is 1.45. The lowest BCUT2D eigenvalue weighted by Crippen LogP contribution is -2.17. The predicted octanol–water partition coefficient (Wildman–Crippen LogP) is 3.00. The minimum absolute atomic E-state index is 0.236. The Balaban J connectivity index is 2.75. The maximum atomic E-state index is 11.9. The first-order valence-corrected chi connectivity index (χ1v) is 5.01.